The summed E-state index contributed by atoms with van der Waals surface area (Å²) in [6.45, 7) is 1.24. The lowest BCUT2D eigenvalue weighted by Gasteiger charge is -2.17. The molecule has 116 valence electrons. The smallest absolute Gasteiger partial charge is 0.260 e. The van der Waals surface area contributed by atoms with Crippen molar-refractivity contribution in [3.8, 4) is 0 Å². The monoisotopic (exact) mass is 324 g/mol. The van der Waals surface area contributed by atoms with E-state index in [4.69, 9.17) is 11.6 Å². The highest BCUT2D eigenvalue weighted by Gasteiger charge is 2.18. The van der Waals surface area contributed by atoms with Crippen LogP contribution in [-0.4, -0.2) is 22.6 Å². The Hall–Kier alpha value is -2.18. The maximum Gasteiger partial charge on any atom is 0.260 e. The molecule has 0 aliphatic carbocycles. The molecule has 0 aliphatic rings. The van der Waals surface area contributed by atoms with Gasteiger partial charge in [-0.1, -0.05) is 17.7 Å². The Morgan fingerprint density at radius 2 is 2.14 bits per heavy atom. The largest absolute Gasteiger partial charge is 0.394 e. The molecular weight excluding hydrogens is 311 g/mol. The van der Waals surface area contributed by atoms with E-state index in [-0.39, 0.29) is 10.6 Å². The summed E-state index contributed by atoms with van der Waals surface area (Å²) < 4.78 is 13.5. The highest BCUT2D eigenvalue weighted by atomic mass is 35.5. The van der Waals surface area contributed by atoms with Gasteiger partial charge in [0.25, 0.3) is 11.5 Å². The molecule has 0 spiro atoms. The van der Waals surface area contributed by atoms with E-state index in [0.717, 1.165) is 6.07 Å². The Labute approximate surface area is 130 Å². The third-order valence-electron chi connectivity index (χ3n) is 3.13. The van der Waals surface area contributed by atoms with Crippen LogP contribution in [0.4, 0.5) is 4.39 Å². The standard InChI is InChI=1S/C15H14ClFN2O3/c1-8-2-4-10(14(21)18-8)15(22)19-13(7-20)9-3-5-11(16)12(17)6-9/h2-6,13,20H,7H2,1H3,(H,18,21)(H,19,22). The Morgan fingerprint density at radius 1 is 1.41 bits per heavy atom. The maximum atomic E-state index is 13.5. The van der Waals surface area contributed by atoms with E-state index < -0.39 is 29.9 Å². The Kier molecular flexibility index (Phi) is 4.95. The summed E-state index contributed by atoms with van der Waals surface area (Å²) in [5, 5.41) is 11.8. The Balaban J connectivity index is 2.24. The number of halogens is 2. The van der Waals surface area contributed by atoms with Gasteiger partial charge in [-0.2, -0.15) is 0 Å². The summed E-state index contributed by atoms with van der Waals surface area (Å²) in [5.41, 5.74) is 0.358. The van der Waals surface area contributed by atoms with Crippen LogP contribution < -0.4 is 10.9 Å². The molecule has 0 saturated heterocycles. The van der Waals surface area contributed by atoms with E-state index in [9.17, 15) is 19.1 Å². The van der Waals surface area contributed by atoms with E-state index in [2.05, 4.69) is 10.3 Å². The van der Waals surface area contributed by atoms with Crippen molar-refractivity contribution in [2.45, 2.75) is 13.0 Å². The zero-order chi connectivity index (χ0) is 16.3. The number of carbonyl (C=O) groups is 1. The second kappa shape index (κ2) is 6.72. The number of carbonyl (C=O) groups excluding carboxylic acids is 1. The van der Waals surface area contributed by atoms with Gasteiger partial charge in [-0.3, -0.25) is 9.59 Å². The van der Waals surface area contributed by atoms with Gasteiger partial charge in [0.05, 0.1) is 17.7 Å². The number of H-pyrrole nitrogens is 1. The van der Waals surface area contributed by atoms with E-state index in [1.807, 2.05) is 0 Å². The molecule has 0 aliphatic heterocycles. The van der Waals surface area contributed by atoms with Crippen LogP contribution in [0.25, 0.3) is 0 Å². The topological polar surface area (TPSA) is 82.2 Å². The fraction of sp³-hybridized carbons (Fsp3) is 0.200. The Morgan fingerprint density at radius 3 is 2.73 bits per heavy atom. The molecule has 1 aromatic heterocycles. The first kappa shape index (κ1) is 16.2. The van der Waals surface area contributed by atoms with Crippen LogP contribution in [0.1, 0.15) is 27.7 Å². The molecule has 22 heavy (non-hydrogen) atoms. The van der Waals surface area contributed by atoms with Crippen molar-refractivity contribution in [1.29, 1.82) is 0 Å². The van der Waals surface area contributed by atoms with Crippen LogP contribution in [0, 0.1) is 12.7 Å². The van der Waals surface area contributed by atoms with Gasteiger partial charge >= 0.3 is 0 Å². The minimum atomic E-state index is -0.847. The van der Waals surface area contributed by atoms with E-state index >= 15 is 0 Å². The van der Waals surface area contributed by atoms with E-state index in [0.29, 0.717) is 11.3 Å². The van der Waals surface area contributed by atoms with Gasteiger partial charge in [-0.05, 0) is 36.8 Å². The van der Waals surface area contributed by atoms with Crippen molar-refractivity contribution in [2.24, 2.45) is 0 Å². The Bertz CT molecular complexity index is 761. The molecule has 3 N–H and O–H groups in total. The van der Waals surface area contributed by atoms with Crippen LogP contribution in [0.5, 0.6) is 0 Å². The summed E-state index contributed by atoms with van der Waals surface area (Å²) in [4.78, 5) is 26.4. The number of aromatic amines is 1. The molecule has 2 aromatic rings. The van der Waals surface area contributed by atoms with Crippen LogP contribution in [-0.2, 0) is 0 Å². The lowest BCUT2D eigenvalue weighted by Crippen LogP contribution is -2.34. The van der Waals surface area contributed by atoms with Crippen LogP contribution >= 0.6 is 11.6 Å². The fourth-order valence-electron chi connectivity index (χ4n) is 1.95. The van der Waals surface area contributed by atoms with Crippen LogP contribution in [0.2, 0.25) is 5.02 Å². The number of aromatic nitrogens is 1. The minimum Gasteiger partial charge on any atom is -0.394 e. The molecule has 0 radical (unpaired) electrons. The van der Waals surface area contributed by atoms with Gasteiger partial charge in [0, 0.05) is 5.69 Å². The molecule has 1 amide bonds. The molecule has 1 aromatic carbocycles. The molecular formula is C15H14ClFN2O3. The minimum absolute atomic E-state index is 0.0539. The van der Waals surface area contributed by atoms with Gasteiger partial charge in [-0.25, -0.2) is 4.39 Å². The normalized spacial score (nSPS) is 12.0. The first-order valence-corrected chi connectivity index (χ1v) is 6.86. The number of nitrogens with one attached hydrogen (secondary N) is 2. The number of aliphatic hydroxyl groups is 1. The van der Waals surface area contributed by atoms with Crippen molar-refractivity contribution < 1.29 is 14.3 Å². The molecule has 5 nitrogen and oxygen atoms in total. The van der Waals surface area contributed by atoms with Crippen LogP contribution in [0.15, 0.2) is 35.1 Å². The average Bonchev–Trinajstić information content (AvgIpc) is 2.47. The highest BCUT2D eigenvalue weighted by molar-refractivity contribution is 6.30. The number of amides is 1. The van der Waals surface area contributed by atoms with Crippen molar-refractivity contribution in [1.82, 2.24) is 10.3 Å². The molecule has 0 fully saturated rings. The van der Waals surface area contributed by atoms with Crippen LogP contribution in [0.3, 0.4) is 0 Å². The van der Waals surface area contributed by atoms with Gasteiger partial charge in [0.2, 0.25) is 0 Å². The van der Waals surface area contributed by atoms with Crippen molar-refractivity contribution in [3.63, 3.8) is 0 Å². The quantitative estimate of drug-likeness (QED) is 0.804. The first-order chi connectivity index (χ1) is 10.4. The number of aliphatic hydroxyl groups excluding tert-OH is 1. The number of hydrogen-bond acceptors (Lipinski definition) is 3. The molecule has 2 rings (SSSR count). The lowest BCUT2D eigenvalue weighted by atomic mass is 10.1. The second-order valence-corrected chi connectivity index (χ2v) is 5.17. The molecule has 1 heterocycles. The van der Waals surface area contributed by atoms with Crippen molar-refractivity contribution in [3.05, 3.63) is 68.3 Å². The molecule has 0 bridgehead atoms. The van der Waals surface area contributed by atoms with Gasteiger partial charge in [-0.15, -0.1) is 0 Å². The molecule has 0 saturated carbocycles. The third kappa shape index (κ3) is 3.52. The number of aryl methyl sites for hydroxylation is 1. The maximum absolute atomic E-state index is 13.5. The van der Waals surface area contributed by atoms with Gasteiger partial charge in [0.15, 0.2) is 0 Å². The lowest BCUT2D eigenvalue weighted by molar-refractivity contribution is 0.0914. The zero-order valence-corrected chi connectivity index (χ0v) is 12.4. The SMILES string of the molecule is Cc1ccc(C(=O)NC(CO)c2ccc(Cl)c(F)c2)c(=O)[nH]1. The average molecular weight is 325 g/mol. The summed E-state index contributed by atoms with van der Waals surface area (Å²) in [7, 11) is 0. The summed E-state index contributed by atoms with van der Waals surface area (Å²) in [5.74, 6) is -1.31. The summed E-state index contributed by atoms with van der Waals surface area (Å²) >= 11 is 5.60. The predicted octanol–water partition coefficient (Wildman–Crippen LogP) is 1.94. The zero-order valence-electron chi connectivity index (χ0n) is 11.7. The van der Waals surface area contributed by atoms with Gasteiger partial charge in [0.1, 0.15) is 11.4 Å². The first-order valence-electron chi connectivity index (χ1n) is 6.49. The van der Waals surface area contributed by atoms with Crippen molar-refractivity contribution in [2.75, 3.05) is 6.61 Å². The fourth-order valence-corrected chi connectivity index (χ4v) is 2.07. The van der Waals surface area contributed by atoms with Crippen molar-refractivity contribution >= 4 is 17.5 Å². The van der Waals surface area contributed by atoms with E-state index in [1.165, 1.54) is 18.2 Å². The molecule has 1 unspecified atom stereocenters. The number of pyridine rings is 1. The van der Waals surface area contributed by atoms with E-state index in [1.54, 1.807) is 13.0 Å². The number of benzene rings is 1. The second-order valence-electron chi connectivity index (χ2n) is 4.77. The third-order valence-corrected chi connectivity index (χ3v) is 3.44. The summed E-state index contributed by atoms with van der Waals surface area (Å²) in [6.07, 6.45) is 0. The van der Waals surface area contributed by atoms with Gasteiger partial charge < -0.3 is 15.4 Å². The predicted molar refractivity (Wildman–Crippen MR) is 80.5 cm³/mol. The molecule has 1 atom stereocenters. The number of hydrogen-bond donors (Lipinski definition) is 3. The summed E-state index contributed by atoms with van der Waals surface area (Å²) in [6, 6.07) is 6.08. The number of rotatable bonds is 4. The molecule has 7 heteroatoms. The highest BCUT2D eigenvalue weighted by Crippen LogP contribution is 2.20.